The van der Waals surface area contributed by atoms with E-state index in [-0.39, 0.29) is 31.0 Å². The number of carbonyl (C=O) groups is 1. The van der Waals surface area contributed by atoms with Crippen LogP contribution >= 0.6 is 0 Å². The number of aryl methyl sites for hydroxylation is 1. The van der Waals surface area contributed by atoms with Crippen molar-refractivity contribution in [3.63, 3.8) is 0 Å². The highest BCUT2D eigenvalue weighted by Gasteiger charge is 2.30. The van der Waals surface area contributed by atoms with Crippen molar-refractivity contribution in [3.8, 4) is 34.3 Å². The van der Waals surface area contributed by atoms with Crippen LogP contribution in [0.2, 0.25) is 0 Å². The molecule has 0 radical (unpaired) electrons. The summed E-state index contributed by atoms with van der Waals surface area (Å²) in [5.74, 6) is 0.184. The van der Waals surface area contributed by atoms with Gasteiger partial charge in [0.1, 0.15) is 23.1 Å². The molecule has 9 nitrogen and oxygen atoms in total. The first kappa shape index (κ1) is 27.3. The maximum Gasteiger partial charge on any atom is 0.254 e. The topological polar surface area (TPSA) is 111 Å². The van der Waals surface area contributed by atoms with Gasteiger partial charge in [0.15, 0.2) is 17.4 Å². The zero-order chi connectivity index (χ0) is 30.0. The highest BCUT2D eigenvalue weighted by atomic mass is 19.1. The van der Waals surface area contributed by atoms with Crippen molar-refractivity contribution in [2.24, 2.45) is 18.7 Å². The molecule has 5 aromatic rings. The van der Waals surface area contributed by atoms with Crippen molar-refractivity contribution in [1.29, 1.82) is 0 Å². The monoisotopic (exact) mass is 586 g/mol. The highest BCUT2D eigenvalue weighted by molar-refractivity contribution is 6.00. The maximum atomic E-state index is 14.8. The Labute approximate surface area is 246 Å². The molecule has 1 aliphatic heterocycles. The molecule has 2 atom stereocenters. The Kier molecular flexibility index (Phi) is 6.57. The molecular formula is C32H32F2N6O3. The number of methoxy groups -OCH3 is 1. The van der Waals surface area contributed by atoms with Crippen molar-refractivity contribution >= 4 is 28.0 Å². The van der Waals surface area contributed by atoms with Gasteiger partial charge in [0.25, 0.3) is 5.91 Å². The van der Waals surface area contributed by atoms with E-state index in [9.17, 15) is 18.7 Å². The number of ether oxygens (including phenoxy) is 1. The molecule has 4 heterocycles. The average Bonchev–Trinajstić information content (AvgIpc) is 3.66. The molecule has 3 N–H and O–H groups in total. The van der Waals surface area contributed by atoms with E-state index in [1.165, 1.54) is 11.0 Å². The van der Waals surface area contributed by atoms with Crippen LogP contribution in [0.15, 0.2) is 48.5 Å². The number of benzene rings is 2. The Morgan fingerprint density at radius 3 is 2.70 bits per heavy atom. The minimum absolute atomic E-state index is 0.00309. The third-order valence-electron chi connectivity index (χ3n) is 8.49. The van der Waals surface area contributed by atoms with Crippen LogP contribution in [0.25, 0.3) is 44.8 Å². The van der Waals surface area contributed by atoms with Gasteiger partial charge in [0.05, 0.1) is 30.6 Å². The van der Waals surface area contributed by atoms with E-state index in [1.807, 2.05) is 23.7 Å². The van der Waals surface area contributed by atoms with E-state index >= 15 is 0 Å². The molecule has 1 saturated heterocycles. The standard InChI is InChI=1S/C32H32F2N6O3/c1-38-29-24(10-19(12-27(29)43-2)32(42)39-15-20(33)13-21(35)16-39)37-31(38)25-11-18-8-9-23(22-4-3-5-26(41)28(22)34)36-30(18)40(25)14-17-6-7-17/h3-5,8-12,17,20-21,41H,6-7,13-16,35H2,1-2H3/t20-,21-/m1/s1. The Morgan fingerprint density at radius 2 is 1.95 bits per heavy atom. The van der Waals surface area contributed by atoms with Gasteiger partial charge in [-0.3, -0.25) is 4.79 Å². The number of pyridine rings is 1. The molecular weight excluding hydrogens is 554 g/mol. The number of piperidine rings is 1. The Balaban J connectivity index is 1.35. The van der Waals surface area contributed by atoms with Gasteiger partial charge in [-0.25, -0.2) is 18.7 Å². The van der Waals surface area contributed by atoms with Gasteiger partial charge in [-0.1, -0.05) is 6.07 Å². The number of carbonyl (C=O) groups excluding carboxylic acids is 1. The predicted octanol–water partition coefficient (Wildman–Crippen LogP) is 5.03. The van der Waals surface area contributed by atoms with Crippen molar-refractivity contribution in [3.05, 3.63) is 59.9 Å². The lowest BCUT2D eigenvalue weighted by Crippen LogP contribution is -2.50. The van der Waals surface area contributed by atoms with Crippen LogP contribution in [0.3, 0.4) is 0 Å². The number of nitrogens with two attached hydrogens (primary N) is 1. The Hall–Kier alpha value is -4.51. The lowest BCUT2D eigenvalue weighted by molar-refractivity contribution is 0.0606. The van der Waals surface area contributed by atoms with E-state index in [2.05, 4.69) is 4.57 Å². The molecule has 1 amide bonds. The molecule has 7 rings (SSSR count). The van der Waals surface area contributed by atoms with Crippen LogP contribution in [-0.4, -0.2) is 67.4 Å². The summed E-state index contributed by atoms with van der Waals surface area (Å²) in [6, 6.07) is 13.1. The van der Waals surface area contributed by atoms with Crippen LogP contribution in [0.5, 0.6) is 11.5 Å². The summed E-state index contributed by atoms with van der Waals surface area (Å²) in [6.45, 7) is 1.01. The first-order valence-corrected chi connectivity index (χ1v) is 14.4. The number of aromatic nitrogens is 4. The summed E-state index contributed by atoms with van der Waals surface area (Å²) in [5, 5.41) is 10.8. The largest absolute Gasteiger partial charge is 0.505 e. The number of hydrogen-bond donors (Lipinski definition) is 2. The molecule has 0 spiro atoms. The Bertz CT molecular complexity index is 1890. The SMILES string of the molecule is COc1cc(C(=O)N2C[C@H](N)C[C@@H](F)C2)cc2nc(-c3cc4ccc(-c5cccc(O)c5F)nc4n3CC3CC3)n(C)c12. The fourth-order valence-corrected chi connectivity index (χ4v) is 6.17. The number of aromatic hydroxyl groups is 1. The van der Waals surface area contributed by atoms with E-state index in [0.717, 1.165) is 30.5 Å². The molecule has 1 aliphatic carbocycles. The number of likely N-dealkylation sites (tertiary alicyclic amines) is 1. The molecule has 2 fully saturated rings. The molecule has 3 aromatic heterocycles. The minimum atomic E-state index is -1.16. The smallest absolute Gasteiger partial charge is 0.254 e. The summed E-state index contributed by atoms with van der Waals surface area (Å²) < 4.78 is 38.8. The fourth-order valence-electron chi connectivity index (χ4n) is 6.17. The predicted molar refractivity (Wildman–Crippen MR) is 159 cm³/mol. The Morgan fingerprint density at radius 1 is 1.14 bits per heavy atom. The summed E-state index contributed by atoms with van der Waals surface area (Å²) in [7, 11) is 3.44. The van der Waals surface area contributed by atoms with Crippen molar-refractivity contribution < 1.29 is 23.4 Å². The van der Waals surface area contributed by atoms with Gasteiger partial charge in [-0.2, -0.15) is 0 Å². The number of hydrogen-bond acceptors (Lipinski definition) is 6. The normalized spacial score (nSPS) is 19.0. The van der Waals surface area contributed by atoms with Gasteiger partial charge >= 0.3 is 0 Å². The van der Waals surface area contributed by atoms with Gasteiger partial charge in [0, 0.05) is 42.7 Å². The van der Waals surface area contributed by atoms with Crippen LogP contribution in [-0.2, 0) is 13.6 Å². The first-order valence-electron chi connectivity index (χ1n) is 14.4. The fraction of sp³-hybridized carbons (Fsp3) is 0.344. The van der Waals surface area contributed by atoms with Gasteiger partial charge in [0.2, 0.25) is 0 Å². The molecule has 2 aromatic carbocycles. The number of halogens is 2. The van der Waals surface area contributed by atoms with E-state index in [1.54, 1.807) is 37.4 Å². The van der Waals surface area contributed by atoms with Crippen LogP contribution in [0.1, 0.15) is 29.6 Å². The number of rotatable bonds is 6. The third kappa shape index (κ3) is 4.77. The molecule has 222 valence electrons. The van der Waals surface area contributed by atoms with Crippen LogP contribution < -0.4 is 10.5 Å². The lowest BCUT2D eigenvalue weighted by atomic mass is 10.0. The second-order valence-electron chi connectivity index (χ2n) is 11.7. The number of amides is 1. The summed E-state index contributed by atoms with van der Waals surface area (Å²) >= 11 is 0. The van der Waals surface area contributed by atoms with E-state index in [4.69, 9.17) is 20.4 Å². The molecule has 0 bridgehead atoms. The highest BCUT2D eigenvalue weighted by Crippen LogP contribution is 2.38. The number of phenolic OH excluding ortho intramolecular Hbond substituents is 1. The quantitative estimate of drug-likeness (QED) is 0.289. The third-order valence-corrected chi connectivity index (χ3v) is 8.49. The van der Waals surface area contributed by atoms with Crippen LogP contribution in [0.4, 0.5) is 8.78 Å². The second-order valence-corrected chi connectivity index (χ2v) is 11.7. The number of alkyl halides is 1. The number of imidazole rings is 1. The second kappa shape index (κ2) is 10.3. The number of nitrogens with zero attached hydrogens (tertiary/aromatic N) is 5. The molecule has 0 unspecified atom stereocenters. The minimum Gasteiger partial charge on any atom is -0.505 e. The maximum absolute atomic E-state index is 14.8. The van der Waals surface area contributed by atoms with E-state index in [0.29, 0.717) is 45.4 Å². The van der Waals surface area contributed by atoms with Crippen molar-refractivity contribution in [2.75, 3.05) is 20.2 Å². The summed E-state index contributed by atoms with van der Waals surface area (Å²) in [4.78, 5) is 24.7. The molecule has 11 heteroatoms. The van der Waals surface area contributed by atoms with Crippen LogP contribution in [0, 0.1) is 11.7 Å². The zero-order valence-corrected chi connectivity index (χ0v) is 23.9. The van der Waals surface area contributed by atoms with Crippen molar-refractivity contribution in [2.45, 2.75) is 38.0 Å². The van der Waals surface area contributed by atoms with Gasteiger partial charge < -0.3 is 29.6 Å². The van der Waals surface area contributed by atoms with Gasteiger partial charge in [-0.05, 0) is 67.6 Å². The zero-order valence-electron chi connectivity index (χ0n) is 23.9. The molecule has 43 heavy (non-hydrogen) atoms. The van der Waals surface area contributed by atoms with Gasteiger partial charge in [-0.15, -0.1) is 0 Å². The van der Waals surface area contributed by atoms with Crippen molar-refractivity contribution in [1.82, 2.24) is 24.0 Å². The summed E-state index contributed by atoms with van der Waals surface area (Å²) in [5.41, 5.74) is 9.80. The first-order chi connectivity index (χ1) is 20.7. The number of phenols is 1. The lowest BCUT2D eigenvalue weighted by Gasteiger charge is -2.33. The molecule has 1 saturated carbocycles. The number of fused-ring (bicyclic) bond motifs is 2. The molecule has 2 aliphatic rings. The summed E-state index contributed by atoms with van der Waals surface area (Å²) in [6.07, 6.45) is 1.30. The average molecular weight is 587 g/mol. The van der Waals surface area contributed by atoms with E-state index < -0.39 is 23.8 Å².